The molecule has 1 fully saturated rings. The Morgan fingerprint density at radius 3 is 2.33 bits per heavy atom. The van der Waals surface area contributed by atoms with Gasteiger partial charge in [0.2, 0.25) is 0 Å². The summed E-state index contributed by atoms with van der Waals surface area (Å²) in [6, 6.07) is 4.23. The Labute approximate surface area is 129 Å². The average molecular weight is 287 g/mol. The lowest BCUT2D eigenvalue weighted by atomic mass is 9.85. The van der Waals surface area contributed by atoms with Crippen LogP contribution in [-0.2, 0) is 0 Å². The Morgan fingerprint density at radius 2 is 1.71 bits per heavy atom. The number of hydrogen-bond donors (Lipinski definition) is 0. The van der Waals surface area contributed by atoms with Gasteiger partial charge >= 0.3 is 0 Å². The molecule has 2 heteroatoms. The lowest BCUT2D eigenvalue weighted by molar-refractivity contribution is 0.0929. The molecule has 0 radical (unpaired) electrons. The molecule has 116 valence electrons. The smallest absolute Gasteiger partial charge is 0.177 e. The number of benzene rings is 1. The molecule has 1 aromatic rings. The summed E-state index contributed by atoms with van der Waals surface area (Å²) in [6.45, 7) is 13.5. The van der Waals surface area contributed by atoms with Crippen molar-refractivity contribution in [2.75, 3.05) is 19.6 Å². The number of hydrogen-bond acceptors (Lipinski definition) is 2. The fourth-order valence-corrected chi connectivity index (χ4v) is 3.54. The van der Waals surface area contributed by atoms with Crippen molar-refractivity contribution in [2.24, 2.45) is 5.41 Å². The predicted molar refractivity (Wildman–Crippen MR) is 89.1 cm³/mol. The number of nitrogens with zero attached hydrogens (tertiary/aromatic N) is 1. The fourth-order valence-electron chi connectivity index (χ4n) is 3.54. The SMILES string of the molecule is Cc1cc(C)c(C(=O)CN2CCCC(C)(C)CC2)c(C)c1. The monoisotopic (exact) mass is 287 g/mol. The van der Waals surface area contributed by atoms with Gasteiger partial charge in [-0.2, -0.15) is 0 Å². The highest BCUT2D eigenvalue weighted by Gasteiger charge is 2.24. The highest BCUT2D eigenvalue weighted by Crippen LogP contribution is 2.30. The van der Waals surface area contributed by atoms with E-state index in [-0.39, 0.29) is 5.78 Å². The van der Waals surface area contributed by atoms with E-state index in [2.05, 4.69) is 51.7 Å². The van der Waals surface area contributed by atoms with Gasteiger partial charge in [0.05, 0.1) is 6.54 Å². The highest BCUT2D eigenvalue weighted by molar-refractivity contribution is 6.00. The molecule has 0 amide bonds. The molecule has 0 aliphatic carbocycles. The summed E-state index contributed by atoms with van der Waals surface area (Å²) in [5, 5.41) is 0. The normalized spacial score (nSPS) is 19.3. The van der Waals surface area contributed by atoms with E-state index in [1.807, 2.05) is 0 Å². The second kappa shape index (κ2) is 6.31. The molecule has 1 heterocycles. The van der Waals surface area contributed by atoms with E-state index in [1.54, 1.807) is 0 Å². The number of carbonyl (C=O) groups is 1. The summed E-state index contributed by atoms with van der Waals surface area (Å²) >= 11 is 0. The summed E-state index contributed by atoms with van der Waals surface area (Å²) < 4.78 is 0. The van der Waals surface area contributed by atoms with E-state index in [0.717, 1.165) is 29.8 Å². The van der Waals surface area contributed by atoms with Crippen molar-refractivity contribution in [2.45, 2.75) is 53.9 Å². The van der Waals surface area contributed by atoms with Crippen LogP contribution >= 0.6 is 0 Å². The van der Waals surface area contributed by atoms with Crippen molar-refractivity contribution in [3.63, 3.8) is 0 Å². The summed E-state index contributed by atoms with van der Waals surface area (Å²) in [5.41, 5.74) is 4.83. The largest absolute Gasteiger partial charge is 0.296 e. The van der Waals surface area contributed by atoms with Gasteiger partial charge in [0, 0.05) is 5.56 Å². The van der Waals surface area contributed by atoms with Gasteiger partial charge < -0.3 is 0 Å². The second-order valence-electron chi connectivity index (χ2n) is 7.49. The maximum atomic E-state index is 12.7. The Bertz CT molecular complexity index is 507. The highest BCUT2D eigenvalue weighted by atomic mass is 16.1. The summed E-state index contributed by atoms with van der Waals surface area (Å²) in [7, 11) is 0. The van der Waals surface area contributed by atoms with Crippen LogP contribution in [0.15, 0.2) is 12.1 Å². The van der Waals surface area contributed by atoms with Gasteiger partial charge in [0.1, 0.15) is 0 Å². The molecule has 1 aromatic carbocycles. The first-order chi connectivity index (χ1) is 9.78. The van der Waals surface area contributed by atoms with Crippen molar-refractivity contribution in [3.8, 4) is 0 Å². The third kappa shape index (κ3) is 4.16. The minimum atomic E-state index is 0.282. The molecule has 1 aliphatic heterocycles. The van der Waals surface area contributed by atoms with Crippen LogP contribution in [0.5, 0.6) is 0 Å². The zero-order chi connectivity index (χ0) is 15.6. The Balaban J connectivity index is 2.08. The lowest BCUT2D eigenvalue weighted by Gasteiger charge is -2.23. The van der Waals surface area contributed by atoms with Crippen molar-refractivity contribution < 1.29 is 4.79 Å². The van der Waals surface area contributed by atoms with Crippen LogP contribution in [0.3, 0.4) is 0 Å². The Morgan fingerprint density at radius 1 is 1.10 bits per heavy atom. The van der Waals surface area contributed by atoms with E-state index in [0.29, 0.717) is 12.0 Å². The molecule has 0 unspecified atom stereocenters. The number of aryl methyl sites for hydroxylation is 3. The molecule has 1 saturated heterocycles. The Kier molecular flexibility index (Phi) is 4.88. The molecule has 0 atom stereocenters. The van der Waals surface area contributed by atoms with E-state index in [4.69, 9.17) is 0 Å². The molecule has 0 N–H and O–H groups in total. The van der Waals surface area contributed by atoms with Crippen LogP contribution in [0.1, 0.15) is 60.2 Å². The van der Waals surface area contributed by atoms with Gasteiger partial charge in [0.25, 0.3) is 0 Å². The summed E-state index contributed by atoms with van der Waals surface area (Å²) in [5.74, 6) is 0.282. The van der Waals surface area contributed by atoms with Crippen LogP contribution in [0, 0.1) is 26.2 Å². The van der Waals surface area contributed by atoms with Gasteiger partial charge in [-0.15, -0.1) is 0 Å². The number of carbonyl (C=O) groups excluding carboxylic acids is 1. The molecule has 0 aromatic heterocycles. The molecular weight excluding hydrogens is 258 g/mol. The zero-order valence-corrected chi connectivity index (χ0v) is 14.3. The van der Waals surface area contributed by atoms with Gasteiger partial charge in [-0.25, -0.2) is 0 Å². The van der Waals surface area contributed by atoms with E-state index < -0.39 is 0 Å². The number of likely N-dealkylation sites (tertiary alicyclic amines) is 1. The van der Waals surface area contributed by atoms with Crippen LogP contribution in [0.25, 0.3) is 0 Å². The van der Waals surface area contributed by atoms with Crippen LogP contribution in [-0.4, -0.2) is 30.3 Å². The second-order valence-corrected chi connectivity index (χ2v) is 7.49. The van der Waals surface area contributed by atoms with Crippen LogP contribution in [0.4, 0.5) is 0 Å². The minimum Gasteiger partial charge on any atom is -0.296 e. The number of Topliss-reactive ketones (excluding diaryl/α,β-unsaturated/α-hetero) is 1. The molecule has 21 heavy (non-hydrogen) atoms. The summed E-state index contributed by atoms with van der Waals surface area (Å²) in [4.78, 5) is 15.0. The number of ketones is 1. The minimum absolute atomic E-state index is 0.282. The quantitative estimate of drug-likeness (QED) is 0.772. The van der Waals surface area contributed by atoms with Crippen LogP contribution in [0.2, 0.25) is 0 Å². The molecule has 1 aliphatic rings. The van der Waals surface area contributed by atoms with E-state index in [9.17, 15) is 4.79 Å². The molecule has 0 saturated carbocycles. The van der Waals surface area contributed by atoms with Gasteiger partial charge in [-0.3, -0.25) is 9.69 Å². The average Bonchev–Trinajstić information content (AvgIpc) is 2.49. The van der Waals surface area contributed by atoms with Crippen molar-refractivity contribution in [1.82, 2.24) is 4.90 Å². The maximum Gasteiger partial charge on any atom is 0.177 e. The van der Waals surface area contributed by atoms with Crippen molar-refractivity contribution >= 4 is 5.78 Å². The third-order valence-corrected chi connectivity index (χ3v) is 4.76. The fraction of sp³-hybridized carbons (Fsp3) is 0.632. The van der Waals surface area contributed by atoms with Gasteiger partial charge in [0.15, 0.2) is 5.78 Å². The van der Waals surface area contributed by atoms with Crippen molar-refractivity contribution in [3.05, 3.63) is 34.4 Å². The summed E-state index contributed by atoms with van der Waals surface area (Å²) in [6.07, 6.45) is 3.65. The topological polar surface area (TPSA) is 20.3 Å². The third-order valence-electron chi connectivity index (χ3n) is 4.76. The van der Waals surface area contributed by atoms with Gasteiger partial charge in [-0.05, 0) is 69.7 Å². The van der Waals surface area contributed by atoms with E-state index >= 15 is 0 Å². The van der Waals surface area contributed by atoms with Gasteiger partial charge in [-0.1, -0.05) is 31.5 Å². The zero-order valence-electron chi connectivity index (χ0n) is 14.3. The lowest BCUT2D eigenvalue weighted by Crippen LogP contribution is -2.32. The molecule has 2 nitrogen and oxygen atoms in total. The maximum absolute atomic E-state index is 12.7. The van der Waals surface area contributed by atoms with Crippen molar-refractivity contribution in [1.29, 1.82) is 0 Å². The first-order valence-corrected chi connectivity index (χ1v) is 8.12. The predicted octanol–water partition coefficient (Wildman–Crippen LogP) is 4.31. The van der Waals surface area contributed by atoms with Crippen LogP contribution < -0.4 is 0 Å². The Hall–Kier alpha value is -1.15. The first-order valence-electron chi connectivity index (χ1n) is 8.12. The molecular formula is C19H29NO. The number of rotatable bonds is 3. The molecule has 0 bridgehead atoms. The molecule has 2 rings (SSSR count). The standard InChI is InChI=1S/C19H29NO/c1-14-11-15(2)18(16(3)12-14)17(21)13-20-9-6-7-19(4,5)8-10-20/h11-12H,6-10,13H2,1-5H3. The van der Waals surface area contributed by atoms with E-state index in [1.165, 1.54) is 24.8 Å². The molecule has 0 spiro atoms. The first kappa shape index (κ1) is 16.2.